The standard InChI is InChI=1S/C22H37N7O6/c1-11(2)7-16(22(34)35)28-21(33)18(12(3)4)29-20(32)15(5-6-17(24)30)27-19(31)14(23)8-13-9-25-10-26-13/h9-12,14-16,18H,5-8,23H2,1-4H3,(H2,24,30)(H,25,26)(H,27,31)(H,28,33)(H,29,32)(H,34,35). The fourth-order valence-electron chi connectivity index (χ4n) is 3.30. The van der Waals surface area contributed by atoms with E-state index in [4.69, 9.17) is 11.5 Å². The second-order valence-corrected chi connectivity index (χ2v) is 9.21. The van der Waals surface area contributed by atoms with Crippen LogP contribution < -0.4 is 27.4 Å². The van der Waals surface area contributed by atoms with Crippen LogP contribution in [-0.4, -0.2) is 68.8 Å². The number of aromatic amines is 1. The summed E-state index contributed by atoms with van der Waals surface area (Å²) in [5.41, 5.74) is 11.8. The van der Waals surface area contributed by atoms with E-state index >= 15 is 0 Å². The molecule has 0 radical (unpaired) electrons. The van der Waals surface area contributed by atoms with Crippen LogP contribution >= 0.6 is 0 Å². The van der Waals surface area contributed by atoms with Gasteiger partial charge in [-0.1, -0.05) is 27.7 Å². The van der Waals surface area contributed by atoms with Crippen molar-refractivity contribution >= 4 is 29.6 Å². The van der Waals surface area contributed by atoms with Crippen LogP contribution in [0.3, 0.4) is 0 Å². The number of carbonyl (C=O) groups is 5. The third-order valence-corrected chi connectivity index (χ3v) is 5.21. The zero-order valence-electron chi connectivity index (χ0n) is 20.5. The average Bonchev–Trinajstić information content (AvgIpc) is 3.26. The molecule has 35 heavy (non-hydrogen) atoms. The normalized spacial score (nSPS) is 14.6. The summed E-state index contributed by atoms with van der Waals surface area (Å²) in [4.78, 5) is 67.9. The van der Waals surface area contributed by atoms with Crippen LogP contribution in [0.1, 0.15) is 52.7 Å². The number of carboxylic acids is 1. The predicted octanol–water partition coefficient (Wildman–Crippen LogP) is -1.21. The number of carbonyl (C=O) groups excluding carboxylic acids is 4. The first kappa shape index (κ1) is 29.6. The fraction of sp³-hybridized carbons (Fsp3) is 0.636. The third kappa shape index (κ3) is 10.5. The van der Waals surface area contributed by atoms with E-state index in [0.717, 1.165) is 0 Å². The number of aliphatic carboxylic acids is 1. The fourth-order valence-corrected chi connectivity index (χ4v) is 3.30. The number of rotatable bonds is 15. The minimum absolute atomic E-state index is 0.0165. The quantitative estimate of drug-likeness (QED) is 0.156. The molecule has 1 rings (SSSR count). The van der Waals surface area contributed by atoms with Gasteiger partial charge in [-0.25, -0.2) is 9.78 Å². The van der Waals surface area contributed by atoms with Crippen molar-refractivity contribution in [2.45, 2.75) is 77.5 Å². The zero-order chi connectivity index (χ0) is 26.7. The molecule has 0 saturated carbocycles. The van der Waals surface area contributed by atoms with E-state index in [1.165, 1.54) is 12.5 Å². The zero-order valence-corrected chi connectivity index (χ0v) is 20.5. The van der Waals surface area contributed by atoms with Crippen LogP contribution in [0.2, 0.25) is 0 Å². The Morgan fingerprint density at radius 2 is 1.63 bits per heavy atom. The molecule has 196 valence electrons. The highest BCUT2D eigenvalue weighted by molar-refractivity contribution is 5.94. The number of amides is 4. The van der Waals surface area contributed by atoms with Gasteiger partial charge < -0.3 is 37.5 Å². The number of nitrogens with zero attached hydrogens (tertiary/aromatic N) is 1. The van der Waals surface area contributed by atoms with Gasteiger partial charge in [-0.2, -0.15) is 0 Å². The summed E-state index contributed by atoms with van der Waals surface area (Å²) in [5, 5.41) is 16.9. The van der Waals surface area contributed by atoms with Crippen molar-refractivity contribution in [1.82, 2.24) is 25.9 Å². The van der Waals surface area contributed by atoms with E-state index in [2.05, 4.69) is 25.9 Å². The largest absolute Gasteiger partial charge is 0.480 e. The summed E-state index contributed by atoms with van der Waals surface area (Å²) in [5.74, 6) is -4.27. The highest BCUT2D eigenvalue weighted by Crippen LogP contribution is 2.09. The minimum atomic E-state index is -1.19. The Morgan fingerprint density at radius 1 is 1.00 bits per heavy atom. The number of carboxylic acid groups (broad SMARTS) is 1. The molecule has 4 atom stereocenters. The van der Waals surface area contributed by atoms with Crippen LogP contribution in [-0.2, 0) is 30.4 Å². The number of nitrogens with two attached hydrogens (primary N) is 2. The van der Waals surface area contributed by atoms with Crippen molar-refractivity contribution in [3.8, 4) is 0 Å². The maximum Gasteiger partial charge on any atom is 0.326 e. The van der Waals surface area contributed by atoms with Crippen molar-refractivity contribution < 1.29 is 29.1 Å². The van der Waals surface area contributed by atoms with Gasteiger partial charge >= 0.3 is 5.97 Å². The molecule has 0 fully saturated rings. The first-order valence-electron chi connectivity index (χ1n) is 11.5. The third-order valence-electron chi connectivity index (χ3n) is 5.21. The van der Waals surface area contributed by atoms with Crippen LogP contribution in [0.5, 0.6) is 0 Å². The molecule has 0 spiro atoms. The van der Waals surface area contributed by atoms with E-state index in [1.807, 2.05) is 13.8 Å². The summed E-state index contributed by atoms with van der Waals surface area (Å²) in [6.45, 7) is 7.01. The first-order chi connectivity index (χ1) is 16.3. The molecule has 0 bridgehead atoms. The molecule has 4 unspecified atom stereocenters. The van der Waals surface area contributed by atoms with E-state index in [1.54, 1.807) is 13.8 Å². The van der Waals surface area contributed by atoms with Crippen molar-refractivity contribution in [3.63, 3.8) is 0 Å². The molecule has 13 heteroatoms. The number of imidazole rings is 1. The van der Waals surface area contributed by atoms with E-state index in [-0.39, 0.29) is 31.6 Å². The minimum Gasteiger partial charge on any atom is -0.480 e. The van der Waals surface area contributed by atoms with Gasteiger partial charge in [0.05, 0.1) is 12.4 Å². The molecular formula is C22H37N7O6. The first-order valence-corrected chi connectivity index (χ1v) is 11.5. The molecule has 13 nitrogen and oxygen atoms in total. The Bertz CT molecular complexity index is 872. The summed E-state index contributed by atoms with van der Waals surface area (Å²) in [6.07, 6.45) is 3.00. The molecule has 0 saturated heterocycles. The van der Waals surface area contributed by atoms with Crippen LogP contribution in [0.25, 0.3) is 0 Å². The van der Waals surface area contributed by atoms with E-state index in [0.29, 0.717) is 5.69 Å². The molecule has 1 aromatic rings. The van der Waals surface area contributed by atoms with Crippen molar-refractivity contribution in [2.24, 2.45) is 23.3 Å². The molecular weight excluding hydrogens is 458 g/mol. The lowest BCUT2D eigenvalue weighted by atomic mass is 9.99. The highest BCUT2D eigenvalue weighted by Gasteiger charge is 2.32. The smallest absolute Gasteiger partial charge is 0.326 e. The monoisotopic (exact) mass is 495 g/mol. The average molecular weight is 496 g/mol. The number of H-pyrrole nitrogens is 1. The Balaban J connectivity index is 2.94. The molecule has 1 heterocycles. The lowest BCUT2D eigenvalue weighted by Crippen LogP contribution is -2.58. The predicted molar refractivity (Wildman–Crippen MR) is 126 cm³/mol. The number of hydrogen-bond acceptors (Lipinski definition) is 7. The summed E-state index contributed by atoms with van der Waals surface area (Å²) < 4.78 is 0. The second-order valence-electron chi connectivity index (χ2n) is 9.21. The molecule has 0 aliphatic carbocycles. The van der Waals surface area contributed by atoms with Crippen LogP contribution in [0.4, 0.5) is 0 Å². The van der Waals surface area contributed by atoms with Crippen LogP contribution in [0.15, 0.2) is 12.5 Å². The maximum atomic E-state index is 13.0. The maximum absolute atomic E-state index is 13.0. The lowest BCUT2D eigenvalue weighted by Gasteiger charge is -2.27. The Kier molecular flexibility index (Phi) is 11.9. The number of primary amides is 1. The van der Waals surface area contributed by atoms with Gasteiger partial charge in [-0.3, -0.25) is 19.2 Å². The molecule has 0 aromatic carbocycles. The number of hydrogen-bond donors (Lipinski definition) is 7. The van der Waals surface area contributed by atoms with E-state index in [9.17, 15) is 29.1 Å². The van der Waals surface area contributed by atoms with E-state index < -0.39 is 59.7 Å². The molecule has 4 amide bonds. The summed E-state index contributed by atoms with van der Waals surface area (Å²) in [7, 11) is 0. The van der Waals surface area contributed by atoms with Crippen molar-refractivity contribution in [3.05, 3.63) is 18.2 Å². The van der Waals surface area contributed by atoms with Crippen molar-refractivity contribution in [1.29, 1.82) is 0 Å². The van der Waals surface area contributed by atoms with Crippen molar-refractivity contribution in [2.75, 3.05) is 0 Å². The van der Waals surface area contributed by atoms with Gasteiger partial charge in [0, 0.05) is 24.7 Å². The Hall–Kier alpha value is -3.48. The topological polar surface area (TPSA) is 222 Å². The van der Waals surface area contributed by atoms with Crippen LogP contribution in [0, 0.1) is 11.8 Å². The van der Waals surface area contributed by atoms with Gasteiger partial charge in [-0.05, 0) is 24.7 Å². The second kappa shape index (κ2) is 14.0. The summed E-state index contributed by atoms with van der Waals surface area (Å²) >= 11 is 0. The summed E-state index contributed by atoms with van der Waals surface area (Å²) in [6, 6.07) is -4.40. The van der Waals surface area contributed by atoms with Gasteiger partial charge in [0.1, 0.15) is 18.1 Å². The van der Waals surface area contributed by atoms with Gasteiger partial charge in [0.2, 0.25) is 23.6 Å². The number of aromatic nitrogens is 2. The Labute approximate surface area is 204 Å². The highest BCUT2D eigenvalue weighted by atomic mass is 16.4. The molecule has 9 N–H and O–H groups in total. The van der Waals surface area contributed by atoms with Gasteiger partial charge in [0.25, 0.3) is 0 Å². The lowest BCUT2D eigenvalue weighted by molar-refractivity contribution is -0.143. The molecule has 0 aliphatic heterocycles. The van der Waals surface area contributed by atoms with Gasteiger partial charge in [0.15, 0.2) is 0 Å². The molecule has 0 aliphatic rings. The van der Waals surface area contributed by atoms with Gasteiger partial charge in [-0.15, -0.1) is 0 Å². The Morgan fingerprint density at radius 3 is 2.11 bits per heavy atom. The molecule has 1 aromatic heterocycles. The number of nitrogens with one attached hydrogen (secondary N) is 4. The SMILES string of the molecule is CC(C)CC(NC(=O)C(NC(=O)C(CCC(N)=O)NC(=O)C(N)Cc1cnc[nH]1)C(C)C)C(=O)O.